The summed E-state index contributed by atoms with van der Waals surface area (Å²) >= 11 is 0. The van der Waals surface area contributed by atoms with Crippen molar-refractivity contribution < 1.29 is 0 Å². The Balaban J connectivity index is 1.80. The maximum Gasteiger partial charge on any atom is 0.0628 e. The molecule has 84 valence electrons. The van der Waals surface area contributed by atoms with Crippen LogP contribution in [0.2, 0.25) is 0 Å². The van der Waals surface area contributed by atoms with Gasteiger partial charge in [0.1, 0.15) is 0 Å². The molecule has 0 radical (unpaired) electrons. The van der Waals surface area contributed by atoms with E-state index >= 15 is 0 Å². The molecule has 1 unspecified atom stereocenters. The molecular formula is C13H22N2. The molecule has 0 amide bonds. The van der Waals surface area contributed by atoms with Crippen LogP contribution < -0.4 is 0 Å². The van der Waals surface area contributed by atoms with Crippen molar-refractivity contribution in [2.24, 2.45) is 17.3 Å². The minimum Gasteiger partial charge on any atom is -0.302 e. The highest BCUT2D eigenvalue weighted by molar-refractivity contribution is 5.01. The van der Waals surface area contributed by atoms with Gasteiger partial charge in [0.2, 0.25) is 0 Å². The molecule has 2 aliphatic rings. The fraction of sp³-hybridized carbons (Fsp3) is 0.923. The van der Waals surface area contributed by atoms with Crippen LogP contribution in [0.1, 0.15) is 39.5 Å². The molecule has 2 rings (SSSR count). The number of likely N-dealkylation sites (tertiary alicyclic amines) is 1. The zero-order valence-corrected chi connectivity index (χ0v) is 10.00. The molecule has 2 heteroatoms. The topological polar surface area (TPSA) is 27.0 Å². The van der Waals surface area contributed by atoms with Crippen molar-refractivity contribution >= 4 is 0 Å². The van der Waals surface area contributed by atoms with Gasteiger partial charge in [-0.3, -0.25) is 0 Å². The van der Waals surface area contributed by atoms with E-state index in [0.29, 0.717) is 5.41 Å². The third-order valence-corrected chi connectivity index (χ3v) is 4.22. The van der Waals surface area contributed by atoms with Gasteiger partial charge < -0.3 is 4.90 Å². The van der Waals surface area contributed by atoms with Crippen LogP contribution >= 0.6 is 0 Å². The van der Waals surface area contributed by atoms with Crippen LogP contribution in [0.4, 0.5) is 0 Å². The first kappa shape index (κ1) is 11.0. The van der Waals surface area contributed by atoms with Crippen molar-refractivity contribution in [3.63, 3.8) is 0 Å². The van der Waals surface area contributed by atoms with E-state index in [9.17, 15) is 0 Å². The Kier molecular flexibility index (Phi) is 3.02. The SMILES string of the molecule is CC(C)C1CCN(CC2(CC#N)CC2)C1. The Morgan fingerprint density at radius 3 is 2.67 bits per heavy atom. The van der Waals surface area contributed by atoms with Gasteiger partial charge in [0.15, 0.2) is 0 Å². The van der Waals surface area contributed by atoms with Crippen LogP contribution in [0.25, 0.3) is 0 Å². The van der Waals surface area contributed by atoms with E-state index in [2.05, 4.69) is 24.8 Å². The fourth-order valence-electron chi connectivity index (χ4n) is 2.76. The molecule has 1 saturated carbocycles. The van der Waals surface area contributed by atoms with E-state index in [-0.39, 0.29) is 0 Å². The Morgan fingerprint density at radius 1 is 1.47 bits per heavy atom. The highest BCUT2D eigenvalue weighted by atomic mass is 15.2. The summed E-state index contributed by atoms with van der Waals surface area (Å²) in [6.07, 6.45) is 4.70. The maximum atomic E-state index is 8.79. The molecule has 0 N–H and O–H groups in total. The summed E-state index contributed by atoms with van der Waals surface area (Å²) in [4.78, 5) is 2.59. The van der Waals surface area contributed by atoms with E-state index < -0.39 is 0 Å². The van der Waals surface area contributed by atoms with Crippen molar-refractivity contribution in [1.82, 2.24) is 4.90 Å². The van der Waals surface area contributed by atoms with Gasteiger partial charge in [-0.2, -0.15) is 5.26 Å². The quantitative estimate of drug-likeness (QED) is 0.707. The number of hydrogen-bond acceptors (Lipinski definition) is 2. The third-order valence-electron chi connectivity index (χ3n) is 4.22. The summed E-state index contributed by atoms with van der Waals surface area (Å²) in [5.74, 6) is 1.71. The van der Waals surface area contributed by atoms with Crippen LogP contribution in [0.15, 0.2) is 0 Å². The van der Waals surface area contributed by atoms with Crippen LogP contribution in [0.3, 0.4) is 0 Å². The molecular weight excluding hydrogens is 184 g/mol. The van der Waals surface area contributed by atoms with Crippen LogP contribution in [0.5, 0.6) is 0 Å². The lowest BCUT2D eigenvalue weighted by atomic mass is 9.95. The lowest BCUT2D eigenvalue weighted by molar-refractivity contribution is 0.247. The van der Waals surface area contributed by atoms with Crippen molar-refractivity contribution in [2.75, 3.05) is 19.6 Å². The second-order valence-electron chi connectivity index (χ2n) is 5.86. The molecule has 1 heterocycles. The Labute approximate surface area is 93.3 Å². The largest absolute Gasteiger partial charge is 0.302 e. The Morgan fingerprint density at radius 2 is 2.20 bits per heavy atom. The number of nitrogens with zero attached hydrogens (tertiary/aromatic N) is 2. The summed E-state index contributed by atoms with van der Waals surface area (Å²) < 4.78 is 0. The summed E-state index contributed by atoms with van der Waals surface area (Å²) in [6, 6.07) is 2.35. The first-order valence-corrected chi connectivity index (χ1v) is 6.24. The predicted octanol–water partition coefficient (Wildman–Crippen LogP) is 2.66. The summed E-state index contributed by atoms with van der Waals surface area (Å²) in [5.41, 5.74) is 0.403. The molecule has 0 spiro atoms. The molecule has 0 aromatic rings. The van der Waals surface area contributed by atoms with E-state index in [0.717, 1.165) is 18.3 Å². The second kappa shape index (κ2) is 4.14. The normalized spacial score (nSPS) is 29.3. The Bertz CT molecular complexity index is 260. The minimum absolute atomic E-state index is 0.403. The zero-order valence-electron chi connectivity index (χ0n) is 10.00. The first-order valence-electron chi connectivity index (χ1n) is 6.24. The van der Waals surface area contributed by atoms with E-state index in [1.54, 1.807) is 0 Å². The molecule has 0 aromatic heterocycles. The number of hydrogen-bond donors (Lipinski definition) is 0. The van der Waals surface area contributed by atoms with Gasteiger partial charge in [-0.15, -0.1) is 0 Å². The lowest BCUT2D eigenvalue weighted by Crippen LogP contribution is -2.29. The molecule has 0 bridgehead atoms. The smallest absolute Gasteiger partial charge is 0.0628 e. The van der Waals surface area contributed by atoms with Gasteiger partial charge in [0.25, 0.3) is 0 Å². The molecule has 0 aromatic carbocycles. The van der Waals surface area contributed by atoms with Gasteiger partial charge in [0, 0.05) is 19.5 Å². The molecule has 2 nitrogen and oxygen atoms in total. The average molecular weight is 206 g/mol. The van der Waals surface area contributed by atoms with E-state index in [1.807, 2.05) is 0 Å². The molecule has 1 atom stereocenters. The molecule has 15 heavy (non-hydrogen) atoms. The predicted molar refractivity (Wildman–Crippen MR) is 61.3 cm³/mol. The number of nitriles is 1. The summed E-state index contributed by atoms with van der Waals surface area (Å²) in [7, 11) is 0. The highest BCUT2D eigenvalue weighted by Crippen LogP contribution is 2.49. The molecule has 2 fully saturated rings. The van der Waals surface area contributed by atoms with Crippen molar-refractivity contribution in [3.8, 4) is 6.07 Å². The monoisotopic (exact) mass is 206 g/mol. The summed E-state index contributed by atoms with van der Waals surface area (Å²) in [6.45, 7) is 8.37. The van der Waals surface area contributed by atoms with Crippen LogP contribution in [-0.2, 0) is 0 Å². The fourth-order valence-corrected chi connectivity index (χ4v) is 2.76. The van der Waals surface area contributed by atoms with Gasteiger partial charge in [-0.05, 0) is 43.1 Å². The lowest BCUT2D eigenvalue weighted by Gasteiger charge is -2.22. The number of rotatable bonds is 4. The zero-order chi connectivity index (χ0) is 10.9. The molecule has 1 saturated heterocycles. The first-order chi connectivity index (χ1) is 7.15. The van der Waals surface area contributed by atoms with Gasteiger partial charge in [-0.1, -0.05) is 13.8 Å². The maximum absolute atomic E-state index is 8.79. The minimum atomic E-state index is 0.403. The van der Waals surface area contributed by atoms with Gasteiger partial charge in [0.05, 0.1) is 6.07 Å². The summed E-state index contributed by atoms with van der Waals surface area (Å²) in [5, 5.41) is 8.79. The van der Waals surface area contributed by atoms with Crippen LogP contribution in [0, 0.1) is 28.6 Å². The second-order valence-corrected chi connectivity index (χ2v) is 5.86. The molecule has 1 aliphatic heterocycles. The van der Waals surface area contributed by atoms with E-state index in [4.69, 9.17) is 5.26 Å². The average Bonchev–Trinajstić information content (AvgIpc) is 2.77. The van der Waals surface area contributed by atoms with Crippen molar-refractivity contribution in [2.45, 2.75) is 39.5 Å². The van der Waals surface area contributed by atoms with Crippen LogP contribution in [-0.4, -0.2) is 24.5 Å². The van der Waals surface area contributed by atoms with Gasteiger partial charge >= 0.3 is 0 Å². The third kappa shape index (κ3) is 2.52. The van der Waals surface area contributed by atoms with Crippen molar-refractivity contribution in [3.05, 3.63) is 0 Å². The Hall–Kier alpha value is -0.550. The van der Waals surface area contributed by atoms with E-state index in [1.165, 1.54) is 38.9 Å². The standard InChI is InChI=1S/C13H22N2/c1-11(2)12-3-8-15(9-12)10-13(4-5-13)6-7-14/h11-12H,3-6,8-10H2,1-2H3. The van der Waals surface area contributed by atoms with Gasteiger partial charge in [-0.25, -0.2) is 0 Å². The highest BCUT2D eigenvalue weighted by Gasteiger charge is 2.44. The molecule has 1 aliphatic carbocycles. The van der Waals surface area contributed by atoms with Crippen molar-refractivity contribution in [1.29, 1.82) is 5.26 Å².